The summed E-state index contributed by atoms with van der Waals surface area (Å²) in [5, 5.41) is 6.61. The summed E-state index contributed by atoms with van der Waals surface area (Å²) in [5.74, 6) is -0.0502. The van der Waals surface area contributed by atoms with Crippen molar-refractivity contribution in [2.45, 2.75) is 12.8 Å². The molecule has 1 aliphatic rings. The minimum absolute atomic E-state index is 0.0502. The molecular weight excluding hydrogens is 266 g/mol. The van der Waals surface area contributed by atoms with Gasteiger partial charge in [0.1, 0.15) is 0 Å². The highest BCUT2D eigenvalue weighted by atomic mass is 35.5. The second-order valence-corrected chi connectivity index (χ2v) is 5.18. The summed E-state index contributed by atoms with van der Waals surface area (Å²) in [6.07, 6.45) is 4.66. The van der Waals surface area contributed by atoms with Crippen LogP contribution in [0.4, 0.5) is 5.69 Å². The number of aromatic nitrogens is 1. The molecular formula is C13H18ClN3O2. The van der Waals surface area contributed by atoms with E-state index in [0.29, 0.717) is 17.3 Å². The zero-order valence-corrected chi connectivity index (χ0v) is 11.7. The van der Waals surface area contributed by atoms with E-state index >= 15 is 0 Å². The Kier molecular flexibility index (Phi) is 4.74. The number of carbonyl (C=O) groups is 1. The summed E-state index contributed by atoms with van der Waals surface area (Å²) >= 11 is 6.03. The van der Waals surface area contributed by atoms with E-state index in [1.807, 2.05) is 0 Å². The minimum atomic E-state index is -0.487. The van der Waals surface area contributed by atoms with Crippen LogP contribution in [0.3, 0.4) is 0 Å². The van der Waals surface area contributed by atoms with Crippen molar-refractivity contribution in [1.29, 1.82) is 0 Å². The lowest BCUT2D eigenvalue weighted by Crippen LogP contribution is -2.47. The van der Waals surface area contributed by atoms with Gasteiger partial charge in [0, 0.05) is 13.3 Å². The maximum absolute atomic E-state index is 12.5. The number of piperidine rings is 1. The number of hydrogen-bond acceptors (Lipinski definition) is 4. The smallest absolute Gasteiger partial charge is 0.233 e. The Morgan fingerprint density at radius 3 is 2.95 bits per heavy atom. The average molecular weight is 284 g/mol. The fraction of sp³-hybridized carbons (Fsp3) is 0.538. The maximum atomic E-state index is 12.5. The SMILES string of the molecule is COCC1(C(=O)Nc2cnccc2Cl)CCNCC1. The van der Waals surface area contributed by atoms with Crippen molar-refractivity contribution in [1.82, 2.24) is 10.3 Å². The number of pyridine rings is 1. The molecule has 1 saturated heterocycles. The first kappa shape index (κ1) is 14.2. The van der Waals surface area contributed by atoms with Gasteiger partial charge in [0.2, 0.25) is 5.91 Å². The molecule has 1 aliphatic heterocycles. The number of ether oxygens (including phenoxy) is 1. The maximum Gasteiger partial charge on any atom is 0.233 e. The number of carbonyl (C=O) groups excluding carboxylic acids is 1. The van der Waals surface area contributed by atoms with Gasteiger partial charge >= 0.3 is 0 Å². The van der Waals surface area contributed by atoms with Gasteiger partial charge in [-0.15, -0.1) is 0 Å². The second-order valence-electron chi connectivity index (χ2n) is 4.77. The minimum Gasteiger partial charge on any atom is -0.384 e. The van der Waals surface area contributed by atoms with E-state index in [-0.39, 0.29) is 5.91 Å². The monoisotopic (exact) mass is 283 g/mol. The van der Waals surface area contributed by atoms with Crippen LogP contribution in [0.15, 0.2) is 18.5 Å². The third kappa shape index (κ3) is 3.23. The first-order valence-corrected chi connectivity index (χ1v) is 6.66. The van der Waals surface area contributed by atoms with Crippen molar-refractivity contribution in [2.75, 3.05) is 32.1 Å². The summed E-state index contributed by atoms with van der Waals surface area (Å²) in [4.78, 5) is 16.5. The van der Waals surface area contributed by atoms with Gasteiger partial charge in [0.15, 0.2) is 0 Å². The fourth-order valence-electron chi connectivity index (χ4n) is 2.34. The number of hydrogen-bond donors (Lipinski definition) is 2. The van der Waals surface area contributed by atoms with Gasteiger partial charge in [0.25, 0.3) is 0 Å². The van der Waals surface area contributed by atoms with Gasteiger partial charge in [-0.05, 0) is 32.0 Å². The second kappa shape index (κ2) is 6.32. The van der Waals surface area contributed by atoms with E-state index in [9.17, 15) is 4.79 Å². The van der Waals surface area contributed by atoms with E-state index in [4.69, 9.17) is 16.3 Å². The van der Waals surface area contributed by atoms with Crippen LogP contribution in [0, 0.1) is 5.41 Å². The summed E-state index contributed by atoms with van der Waals surface area (Å²) in [5.41, 5.74) is 0.0577. The van der Waals surface area contributed by atoms with Crippen LogP contribution in [-0.4, -0.2) is 37.7 Å². The summed E-state index contributed by atoms with van der Waals surface area (Å²) in [6, 6.07) is 1.66. The molecule has 104 valence electrons. The van der Waals surface area contributed by atoms with Crippen molar-refractivity contribution in [3.8, 4) is 0 Å². The molecule has 5 nitrogen and oxygen atoms in total. The van der Waals surface area contributed by atoms with Gasteiger partial charge in [-0.2, -0.15) is 0 Å². The molecule has 0 spiro atoms. The van der Waals surface area contributed by atoms with E-state index < -0.39 is 5.41 Å². The highest BCUT2D eigenvalue weighted by Crippen LogP contribution is 2.31. The standard InChI is InChI=1S/C13H18ClN3O2/c1-19-9-13(3-6-15-7-4-13)12(18)17-11-8-16-5-2-10(11)14/h2,5,8,15H,3-4,6-7,9H2,1H3,(H,17,18). The molecule has 19 heavy (non-hydrogen) atoms. The Hall–Kier alpha value is -1.17. The molecule has 0 radical (unpaired) electrons. The molecule has 0 unspecified atom stereocenters. The Morgan fingerprint density at radius 1 is 1.58 bits per heavy atom. The normalized spacial score (nSPS) is 18.0. The predicted octanol–water partition coefficient (Wildman–Crippen LogP) is 1.69. The van der Waals surface area contributed by atoms with E-state index in [0.717, 1.165) is 25.9 Å². The number of nitrogens with one attached hydrogen (secondary N) is 2. The van der Waals surface area contributed by atoms with Gasteiger partial charge in [-0.1, -0.05) is 11.6 Å². The topological polar surface area (TPSA) is 63.2 Å². The zero-order chi connectivity index (χ0) is 13.7. The first-order chi connectivity index (χ1) is 9.18. The molecule has 0 bridgehead atoms. The highest BCUT2D eigenvalue weighted by Gasteiger charge is 2.39. The molecule has 1 fully saturated rings. The summed E-state index contributed by atoms with van der Waals surface area (Å²) in [7, 11) is 1.62. The number of anilines is 1. The predicted molar refractivity (Wildman–Crippen MR) is 74.3 cm³/mol. The van der Waals surface area contributed by atoms with Crippen molar-refractivity contribution in [3.63, 3.8) is 0 Å². The number of amides is 1. The Balaban J connectivity index is 2.14. The Bertz CT molecular complexity index is 442. The number of methoxy groups -OCH3 is 1. The zero-order valence-electron chi connectivity index (χ0n) is 10.9. The van der Waals surface area contributed by atoms with Gasteiger partial charge < -0.3 is 15.4 Å². The van der Waals surface area contributed by atoms with Gasteiger partial charge in [0.05, 0.1) is 28.9 Å². The van der Waals surface area contributed by atoms with Crippen LogP contribution < -0.4 is 10.6 Å². The molecule has 0 saturated carbocycles. The van der Waals surface area contributed by atoms with E-state index in [1.165, 1.54) is 0 Å². The quantitative estimate of drug-likeness (QED) is 0.883. The lowest BCUT2D eigenvalue weighted by Gasteiger charge is -2.35. The van der Waals surface area contributed by atoms with Crippen LogP contribution in [0.2, 0.25) is 5.02 Å². The molecule has 6 heteroatoms. The summed E-state index contributed by atoms with van der Waals surface area (Å²) < 4.78 is 5.24. The molecule has 2 rings (SSSR count). The average Bonchev–Trinajstić information content (AvgIpc) is 2.42. The molecule has 1 amide bonds. The molecule has 1 aromatic rings. The summed E-state index contributed by atoms with van der Waals surface area (Å²) in [6.45, 7) is 2.05. The first-order valence-electron chi connectivity index (χ1n) is 6.28. The van der Waals surface area contributed by atoms with Crippen LogP contribution in [0.5, 0.6) is 0 Å². The Morgan fingerprint density at radius 2 is 2.32 bits per heavy atom. The Labute approximate surface area is 117 Å². The highest BCUT2D eigenvalue weighted by molar-refractivity contribution is 6.33. The third-order valence-electron chi connectivity index (χ3n) is 3.48. The molecule has 1 aromatic heterocycles. The van der Waals surface area contributed by atoms with Crippen molar-refractivity contribution in [3.05, 3.63) is 23.5 Å². The van der Waals surface area contributed by atoms with Crippen LogP contribution in [-0.2, 0) is 9.53 Å². The van der Waals surface area contributed by atoms with Gasteiger partial charge in [-0.25, -0.2) is 0 Å². The lowest BCUT2D eigenvalue weighted by atomic mass is 9.78. The van der Waals surface area contributed by atoms with Gasteiger partial charge in [-0.3, -0.25) is 9.78 Å². The number of rotatable bonds is 4. The van der Waals surface area contributed by atoms with Crippen molar-refractivity contribution < 1.29 is 9.53 Å². The molecule has 2 N–H and O–H groups in total. The molecule has 0 aliphatic carbocycles. The van der Waals surface area contributed by atoms with Crippen molar-refractivity contribution in [2.24, 2.45) is 5.41 Å². The third-order valence-corrected chi connectivity index (χ3v) is 3.81. The largest absolute Gasteiger partial charge is 0.384 e. The fourth-order valence-corrected chi connectivity index (χ4v) is 2.50. The van der Waals surface area contributed by atoms with Crippen LogP contribution in [0.1, 0.15) is 12.8 Å². The van der Waals surface area contributed by atoms with E-state index in [2.05, 4.69) is 15.6 Å². The van der Waals surface area contributed by atoms with Crippen LogP contribution in [0.25, 0.3) is 0 Å². The lowest BCUT2D eigenvalue weighted by molar-refractivity contribution is -0.130. The molecule has 0 atom stereocenters. The molecule has 2 heterocycles. The number of nitrogens with zero attached hydrogens (tertiary/aromatic N) is 1. The number of halogens is 1. The van der Waals surface area contributed by atoms with E-state index in [1.54, 1.807) is 25.6 Å². The van der Waals surface area contributed by atoms with Crippen LogP contribution >= 0.6 is 11.6 Å². The molecule has 0 aromatic carbocycles. The van der Waals surface area contributed by atoms with Crippen molar-refractivity contribution >= 4 is 23.2 Å².